The highest BCUT2D eigenvalue weighted by Crippen LogP contribution is 2.29. The van der Waals surface area contributed by atoms with Gasteiger partial charge in [0.2, 0.25) is 21.8 Å². The van der Waals surface area contributed by atoms with E-state index in [-0.39, 0.29) is 24.3 Å². The van der Waals surface area contributed by atoms with Crippen molar-refractivity contribution in [3.63, 3.8) is 0 Å². The van der Waals surface area contributed by atoms with E-state index in [2.05, 4.69) is 28.9 Å². The van der Waals surface area contributed by atoms with Crippen LogP contribution in [0.4, 0.5) is 4.79 Å². The number of hydrogen-bond donors (Lipinski definition) is 3. The van der Waals surface area contributed by atoms with E-state index in [1.54, 1.807) is 0 Å². The van der Waals surface area contributed by atoms with Gasteiger partial charge >= 0.3 is 6.09 Å². The lowest BCUT2D eigenvalue weighted by molar-refractivity contribution is -0.126. The average molecular weight is 569 g/mol. The molecule has 39 heavy (non-hydrogen) atoms. The summed E-state index contributed by atoms with van der Waals surface area (Å²) in [6.07, 6.45) is 7.52. The second-order valence-corrected chi connectivity index (χ2v) is 14.6. The Labute approximate surface area is 234 Å². The second-order valence-electron chi connectivity index (χ2n) is 12.6. The zero-order valence-electron chi connectivity index (χ0n) is 24.1. The van der Waals surface area contributed by atoms with Crippen LogP contribution in [0.1, 0.15) is 98.3 Å². The van der Waals surface area contributed by atoms with E-state index in [4.69, 9.17) is 4.74 Å². The first-order valence-electron chi connectivity index (χ1n) is 14.5. The minimum absolute atomic E-state index is 0.0551. The molecule has 3 fully saturated rings. The van der Waals surface area contributed by atoms with Gasteiger partial charge in [-0.3, -0.25) is 14.3 Å². The van der Waals surface area contributed by atoms with Gasteiger partial charge in [0.1, 0.15) is 11.6 Å². The second kappa shape index (κ2) is 13.4. The van der Waals surface area contributed by atoms with Gasteiger partial charge in [-0.1, -0.05) is 39.2 Å². The molecule has 10 nitrogen and oxygen atoms in total. The van der Waals surface area contributed by atoms with E-state index in [1.807, 2.05) is 25.7 Å². The molecule has 3 amide bonds. The monoisotopic (exact) mass is 568 g/mol. The summed E-state index contributed by atoms with van der Waals surface area (Å²) >= 11 is 0. The van der Waals surface area contributed by atoms with Gasteiger partial charge in [0.15, 0.2) is 0 Å². The Balaban J connectivity index is 1.70. The number of amides is 3. The molecule has 1 saturated carbocycles. The SMILES string of the molecule is C=C1[C@@H](NC(=O)OC(C)(C)C)CCCCC[C@@H](C)C[C@@H](CC(=O)NS(=O)(=O)C2CC2)CNC(=O)[C@@H]2CCCN12. The number of fused-ring (bicyclic) bond motifs is 1. The first kappa shape index (κ1) is 31.2. The summed E-state index contributed by atoms with van der Waals surface area (Å²) in [4.78, 5) is 40.6. The third-order valence-corrected chi connectivity index (χ3v) is 9.56. The Morgan fingerprint density at radius 2 is 1.77 bits per heavy atom. The molecule has 4 atom stereocenters. The summed E-state index contributed by atoms with van der Waals surface area (Å²) in [5.41, 5.74) is 0.0930. The molecule has 2 aliphatic heterocycles. The van der Waals surface area contributed by atoms with Gasteiger partial charge < -0.3 is 20.3 Å². The van der Waals surface area contributed by atoms with Crippen LogP contribution < -0.4 is 15.4 Å². The van der Waals surface area contributed by atoms with Crippen LogP contribution in [0, 0.1) is 11.8 Å². The van der Waals surface area contributed by atoms with E-state index in [9.17, 15) is 22.8 Å². The van der Waals surface area contributed by atoms with Crippen LogP contribution in [0.2, 0.25) is 0 Å². The van der Waals surface area contributed by atoms with E-state index in [1.165, 1.54) is 0 Å². The highest BCUT2D eigenvalue weighted by Gasteiger charge is 2.38. The molecule has 3 rings (SSSR count). The molecule has 0 aromatic rings. The van der Waals surface area contributed by atoms with Crippen molar-refractivity contribution in [1.29, 1.82) is 0 Å². The van der Waals surface area contributed by atoms with Crippen molar-refractivity contribution in [1.82, 2.24) is 20.3 Å². The fraction of sp³-hybridized carbons (Fsp3) is 0.821. The molecular formula is C28H48N4O6S. The van der Waals surface area contributed by atoms with E-state index < -0.39 is 38.9 Å². The van der Waals surface area contributed by atoms with Crippen molar-refractivity contribution in [2.75, 3.05) is 13.1 Å². The average Bonchev–Trinajstić information content (AvgIpc) is 3.57. The standard InChI is InChI=1S/C28H48N4O6S/c1-19-10-7-6-8-11-23(30-27(35)38-28(3,4)5)20(2)32-15-9-12-24(32)26(34)29-18-21(16-19)17-25(33)31-39(36,37)22-13-14-22/h19,21-24H,2,6-18H2,1,3-5H3,(H,29,34)(H,30,35)(H,31,33)/t19-,21+,23+,24+/m1/s1. The van der Waals surface area contributed by atoms with Crippen LogP contribution >= 0.6 is 0 Å². The van der Waals surface area contributed by atoms with Crippen molar-refractivity contribution < 1.29 is 27.5 Å². The van der Waals surface area contributed by atoms with Gasteiger partial charge in [-0.2, -0.15) is 0 Å². The predicted molar refractivity (Wildman–Crippen MR) is 150 cm³/mol. The maximum absolute atomic E-state index is 13.3. The number of rotatable bonds is 5. The molecule has 222 valence electrons. The number of ether oxygens (including phenoxy) is 1. The Kier molecular flexibility index (Phi) is 10.7. The molecule has 0 spiro atoms. The van der Waals surface area contributed by atoms with Crippen molar-refractivity contribution in [2.24, 2.45) is 11.8 Å². The predicted octanol–water partition coefficient (Wildman–Crippen LogP) is 3.58. The number of hydrogen-bond acceptors (Lipinski definition) is 7. The fourth-order valence-electron chi connectivity index (χ4n) is 5.59. The summed E-state index contributed by atoms with van der Waals surface area (Å²) in [6.45, 7) is 12.9. The molecule has 0 radical (unpaired) electrons. The normalized spacial score (nSPS) is 27.9. The quantitative estimate of drug-likeness (QED) is 0.462. The minimum atomic E-state index is -3.60. The van der Waals surface area contributed by atoms with Gasteiger partial charge in [0, 0.05) is 25.2 Å². The highest BCUT2D eigenvalue weighted by molar-refractivity contribution is 7.90. The molecule has 11 heteroatoms. The summed E-state index contributed by atoms with van der Waals surface area (Å²) in [5, 5.41) is 5.57. The summed E-state index contributed by atoms with van der Waals surface area (Å²) in [5.74, 6) is -0.483. The summed E-state index contributed by atoms with van der Waals surface area (Å²) in [7, 11) is -3.60. The third-order valence-electron chi connectivity index (χ3n) is 7.70. The zero-order chi connectivity index (χ0) is 28.8. The van der Waals surface area contributed by atoms with Crippen molar-refractivity contribution in [2.45, 2.75) is 121 Å². The maximum atomic E-state index is 13.3. The number of nitrogens with one attached hydrogen (secondary N) is 3. The highest BCUT2D eigenvalue weighted by atomic mass is 32.2. The Bertz CT molecular complexity index is 1000. The Morgan fingerprint density at radius 3 is 2.44 bits per heavy atom. The molecule has 0 aromatic heterocycles. The molecule has 2 saturated heterocycles. The number of sulfonamides is 1. The molecular weight excluding hydrogens is 520 g/mol. The minimum Gasteiger partial charge on any atom is -0.444 e. The smallest absolute Gasteiger partial charge is 0.408 e. The van der Waals surface area contributed by atoms with Gasteiger partial charge in [0.05, 0.1) is 11.3 Å². The molecule has 3 N–H and O–H groups in total. The van der Waals surface area contributed by atoms with Crippen LogP contribution in [-0.4, -0.2) is 67.2 Å². The lowest BCUT2D eigenvalue weighted by Gasteiger charge is -2.33. The summed E-state index contributed by atoms with van der Waals surface area (Å²) < 4.78 is 32.2. The third kappa shape index (κ3) is 9.99. The van der Waals surface area contributed by atoms with Crippen LogP contribution in [0.5, 0.6) is 0 Å². The van der Waals surface area contributed by atoms with Crippen LogP contribution in [-0.2, 0) is 24.3 Å². The number of carbonyl (C=O) groups is 3. The van der Waals surface area contributed by atoms with E-state index in [0.29, 0.717) is 50.4 Å². The van der Waals surface area contributed by atoms with Gasteiger partial charge in [-0.05, 0) is 71.1 Å². The molecule has 0 unspecified atom stereocenters. The van der Waals surface area contributed by atoms with Gasteiger partial charge in [0.25, 0.3) is 0 Å². The van der Waals surface area contributed by atoms with Crippen molar-refractivity contribution >= 4 is 27.9 Å². The zero-order valence-corrected chi connectivity index (χ0v) is 24.9. The van der Waals surface area contributed by atoms with Crippen LogP contribution in [0.3, 0.4) is 0 Å². The van der Waals surface area contributed by atoms with Gasteiger partial charge in [-0.15, -0.1) is 0 Å². The molecule has 2 heterocycles. The molecule has 0 bridgehead atoms. The number of carbonyl (C=O) groups excluding carboxylic acids is 3. The lowest BCUT2D eigenvalue weighted by Crippen LogP contribution is -2.49. The lowest BCUT2D eigenvalue weighted by atomic mass is 9.89. The number of alkyl carbamates (subject to hydrolysis) is 1. The molecule has 3 aliphatic rings. The summed E-state index contributed by atoms with van der Waals surface area (Å²) in [6, 6.07) is -0.742. The van der Waals surface area contributed by atoms with Crippen molar-refractivity contribution in [3.8, 4) is 0 Å². The molecule has 1 aliphatic carbocycles. The first-order chi connectivity index (χ1) is 18.2. The molecule has 0 aromatic carbocycles. The van der Waals surface area contributed by atoms with Gasteiger partial charge in [-0.25, -0.2) is 13.2 Å². The van der Waals surface area contributed by atoms with E-state index >= 15 is 0 Å². The largest absolute Gasteiger partial charge is 0.444 e. The van der Waals surface area contributed by atoms with Crippen LogP contribution in [0.15, 0.2) is 12.3 Å². The first-order valence-corrected chi connectivity index (χ1v) is 16.1. The topological polar surface area (TPSA) is 134 Å². The van der Waals surface area contributed by atoms with E-state index in [0.717, 1.165) is 38.5 Å². The van der Waals surface area contributed by atoms with Crippen LogP contribution in [0.25, 0.3) is 0 Å². The number of nitrogens with zero attached hydrogens (tertiary/aromatic N) is 1. The Hall–Kier alpha value is -2.30. The van der Waals surface area contributed by atoms with Crippen molar-refractivity contribution in [3.05, 3.63) is 12.3 Å². The fourth-order valence-corrected chi connectivity index (χ4v) is 6.91. The maximum Gasteiger partial charge on any atom is 0.408 e. The Morgan fingerprint density at radius 1 is 1.08 bits per heavy atom.